The zero-order valence-corrected chi connectivity index (χ0v) is 12.5. The molecule has 0 bridgehead atoms. The number of hydrogen-bond donors (Lipinski definition) is 0. The van der Waals surface area contributed by atoms with E-state index in [1.807, 2.05) is 6.92 Å². The molecule has 100 valence electrons. The summed E-state index contributed by atoms with van der Waals surface area (Å²) >= 11 is 0. The third kappa shape index (κ3) is 1.88. The molecule has 2 rings (SSSR count). The summed E-state index contributed by atoms with van der Waals surface area (Å²) in [4.78, 5) is 11.9. The lowest BCUT2D eigenvalue weighted by Crippen LogP contribution is -2.40. The molecule has 2 aliphatic rings. The fourth-order valence-electron chi connectivity index (χ4n) is 4.07. The molecule has 1 heteroatoms. The van der Waals surface area contributed by atoms with Crippen molar-refractivity contribution in [2.45, 2.75) is 66.7 Å². The molecule has 1 nitrogen and oxygen atoms in total. The van der Waals surface area contributed by atoms with Crippen molar-refractivity contribution in [1.82, 2.24) is 0 Å². The molecule has 1 unspecified atom stereocenters. The van der Waals surface area contributed by atoms with Gasteiger partial charge in [0.15, 0.2) is 5.78 Å². The predicted molar refractivity (Wildman–Crippen MR) is 76.4 cm³/mol. The van der Waals surface area contributed by atoms with Gasteiger partial charge < -0.3 is 0 Å². The van der Waals surface area contributed by atoms with Gasteiger partial charge in [-0.1, -0.05) is 44.9 Å². The minimum Gasteiger partial charge on any atom is -0.295 e. The molecule has 18 heavy (non-hydrogen) atoms. The number of rotatable bonds is 1. The van der Waals surface area contributed by atoms with E-state index in [-0.39, 0.29) is 10.8 Å². The highest BCUT2D eigenvalue weighted by molar-refractivity contribution is 5.97. The molecule has 2 aliphatic carbocycles. The average molecular weight is 246 g/mol. The Bertz CT molecular complexity index is 437. The summed E-state index contributed by atoms with van der Waals surface area (Å²) in [5.74, 6) is 0.373. The van der Waals surface area contributed by atoms with Crippen LogP contribution in [0.1, 0.15) is 66.7 Å². The number of Topliss-reactive ketones (excluding diaryl/α,β-unsaturated/α-hetero) is 1. The van der Waals surface area contributed by atoms with Gasteiger partial charge in [-0.05, 0) is 43.6 Å². The number of fused-ring (bicyclic) bond motifs is 1. The van der Waals surface area contributed by atoms with Crippen molar-refractivity contribution in [2.75, 3.05) is 0 Å². The standard InChI is InChI=1S/C17H26O/c1-6-7-15-16(3,4)10-8-13-12(2)14(18)9-11-17(13,15)5/h7H,6,8-11H2,1-5H3/b15-7+. The molecule has 0 heterocycles. The molecular weight excluding hydrogens is 220 g/mol. The van der Waals surface area contributed by atoms with Gasteiger partial charge in [-0.25, -0.2) is 0 Å². The van der Waals surface area contributed by atoms with Crippen LogP contribution < -0.4 is 0 Å². The topological polar surface area (TPSA) is 17.1 Å². The molecular formula is C17H26O. The SMILES string of the molecule is CC/C=C1\C(C)(C)CCC2=C(C)C(=O)CCC21C. The largest absolute Gasteiger partial charge is 0.295 e. The Labute approximate surface area is 111 Å². The fourth-order valence-corrected chi connectivity index (χ4v) is 4.07. The molecule has 0 aromatic heterocycles. The fraction of sp³-hybridized carbons (Fsp3) is 0.706. The molecule has 0 N–H and O–H groups in total. The van der Waals surface area contributed by atoms with Crippen LogP contribution in [0, 0.1) is 10.8 Å². The summed E-state index contributed by atoms with van der Waals surface area (Å²) in [6.45, 7) is 11.3. The molecule has 1 saturated carbocycles. The third-order valence-electron chi connectivity index (χ3n) is 5.12. The van der Waals surface area contributed by atoms with Gasteiger partial charge in [0.2, 0.25) is 0 Å². The second-order valence-corrected chi connectivity index (χ2v) is 6.77. The van der Waals surface area contributed by atoms with Gasteiger partial charge in [-0.3, -0.25) is 4.79 Å². The summed E-state index contributed by atoms with van der Waals surface area (Å²) in [5, 5.41) is 0. The Morgan fingerprint density at radius 2 is 1.83 bits per heavy atom. The number of carbonyl (C=O) groups excluding carboxylic acids is 1. The first-order valence-corrected chi connectivity index (χ1v) is 7.27. The van der Waals surface area contributed by atoms with E-state index in [4.69, 9.17) is 0 Å². The predicted octanol–water partition coefficient (Wildman–Crippen LogP) is 4.83. The Morgan fingerprint density at radius 1 is 1.17 bits per heavy atom. The van der Waals surface area contributed by atoms with Crippen molar-refractivity contribution in [3.8, 4) is 0 Å². The molecule has 0 radical (unpaired) electrons. The van der Waals surface area contributed by atoms with Crippen LogP contribution in [0.15, 0.2) is 22.8 Å². The summed E-state index contributed by atoms with van der Waals surface area (Å²) in [6, 6.07) is 0. The third-order valence-corrected chi connectivity index (χ3v) is 5.12. The van der Waals surface area contributed by atoms with Crippen LogP contribution in [0.25, 0.3) is 0 Å². The smallest absolute Gasteiger partial charge is 0.158 e. The average Bonchev–Trinajstić information content (AvgIpc) is 2.29. The van der Waals surface area contributed by atoms with Crippen molar-refractivity contribution < 1.29 is 4.79 Å². The zero-order valence-electron chi connectivity index (χ0n) is 12.5. The van der Waals surface area contributed by atoms with Crippen LogP contribution in [0.4, 0.5) is 0 Å². The first-order chi connectivity index (χ1) is 8.33. The molecule has 1 fully saturated rings. The van der Waals surface area contributed by atoms with Crippen molar-refractivity contribution in [2.24, 2.45) is 10.8 Å². The van der Waals surface area contributed by atoms with E-state index in [1.54, 1.807) is 5.57 Å². The maximum Gasteiger partial charge on any atom is 0.158 e. The van der Waals surface area contributed by atoms with Crippen LogP contribution in [0.3, 0.4) is 0 Å². The van der Waals surface area contributed by atoms with Gasteiger partial charge in [-0.15, -0.1) is 0 Å². The van der Waals surface area contributed by atoms with Crippen molar-refractivity contribution in [1.29, 1.82) is 0 Å². The van der Waals surface area contributed by atoms with E-state index < -0.39 is 0 Å². The molecule has 0 aromatic carbocycles. The Kier molecular flexibility index (Phi) is 3.29. The summed E-state index contributed by atoms with van der Waals surface area (Å²) < 4.78 is 0. The summed E-state index contributed by atoms with van der Waals surface area (Å²) in [5.41, 5.74) is 4.50. The van der Waals surface area contributed by atoms with Crippen LogP contribution in [0.5, 0.6) is 0 Å². The van der Waals surface area contributed by atoms with Gasteiger partial charge in [0.1, 0.15) is 0 Å². The highest BCUT2D eigenvalue weighted by Crippen LogP contribution is 2.58. The van der Waals surface area contributed by atoms with Gasteiger partial charge in [0.25, 0.3) is 0 Å². The summed E-state index contributed by atoms with van der Waals surface area (Å²) in [6.07, 6.45) is 7.52. The monoisotopic (exact) mass is 246 g/mol. The highest BCUT2D eigenvalue weighted by Gasteiger charge is 2.47. The minimum atomic E-state index is 0.149. The van der Waals surface area contributed by atoms with E-state index in [9.17, 15) is 4.79 Å². The van der Waals surface area contributed by atoms with Crippen LogP contribution in [-0.4, -0.2) is 5.78 Å². The molecule has 0 aromatic rings. The van der Waals surface area contributed by atoms with Gasteiger partial charge in [0, 0.05) is 11.8 Å². The van der Waals surface area contributed by atoms with E-state index in [0.29, 0.717) is 5.78 Å². The summed E-state index contributed by atoms with van der Waals surface area (Å²) in [7, 11) is 0. The molecule has 1 atom stereocenters. The Hall–Kier alpha value is -0.850. The quantitative estimate of drug-likeness (QED) is 0.606. The first kappa shape index (κ1) is 13.6. The zero-order chi connectivity index (χ0) is 13.6. The second kappa shape index (κ2) is 4.36. The first-order valence-electron chi connectivity index (χ1n) is 7.27. The van der Waals surface area contributed by atoms with Crippen molar-refractivity contribution >= 4 is 5.78 Å². The van der Waals surface area contributed by atoms with Gasteiger partial charge in [-0.2, -0.15) is 0 Å². The van der Waals surface area contributed by atoms with E-state index >= 15 is 0 Å². The second-order valence-electron chi connectivity index (χ2n) is 6.77. The van der Waals surface area contributed by atoms with E-state index in [1.165, 1.54) is 12.0 Å². The highest BCUT2D eigenvalue weighted by atomic mass is 16.1. The molecule has 0 aliphatic heterocycles. The lowest BCUT2D eigenvalue weighted by Gasteiger charge is -2.50. The normalized spacial score (nSPS) is 33.8. The van der Waals surface area contributed by atoms with Crippen LogP contribution in [0.2, 0.25) is 0 Å². The maximum absolute atomic E-state index is 11.9. The van der Waals surface area contributed by atoms with Crippen molar-refractivity contribution in [3.05, 3.63) is 22.8 Å². The van der Waals surface area contributed by atoms with Crippen LogP contribution in [-0.2, 0) is 4.79 Å². The van der Waals surface area contributed by atoms with E-state index in [2.05, 4.69) is 33.8 Å². The van der Waals surface area contributed by atoms with E-state index in [0.717, 1.165) is 31.3 Å². The van der Waals surface area contributed by atoms with Crippen molar-refractivity contribution in [3.63, 3.8) is 0 Å². The van der Waals surface area contributed by atoms with Gasteiger partial charge >= 0.3 is 0 Å². The molecule has 0 amide bonds. The number of ketones is 1. The number of carbonyl (C=O) groups is 1. The molecule has 0 saturated heterocycles. The Balaban J connectivity index is 2.57. The lowest BCUT2D eigenvalue weighted by atomic mass is 9.54. The van der Waals surface area contributed by atoms with Gasteiger partial charge in [0.05, 0.1) is 0 Å². The number of hydrogen-bond acceptors (Lipinski definition) is 1. The lowest BCUT2D eigenvalue weighted by molar-refractivity contribution is -0.116. The Morgan fingerprint density at radius 3 is 2.44 bits per heavy atom. The van der Waals surface area contributed by atoms with Crippen LogP contribution >= 0.6 is 0 Å². The molecule has 0 spiro atoms. The maximum atomic E-state index is 11.9. The number of allylic oxidation sites excluding steroid dienone is 4. The minimum absolute atomic E-state index is 0.149.